The second-order valence-electron chi connectivity index (χ2n) is 9.06. The quantitative estimate of drug-likeness (QED) is 0.376. The van der Waals surface area contributed by atoms with Crippen molar-refractivity contribution in [3.8, 4) is 11.5 Å². The van der Waals surface area contributed by atoms with E-state index in [4.69, 9.17) is 14.8 Å². The Hall–Kier alpha value is -3.91. The number of aromatic nitrogens is 3. The second kappa shape index (κ2) is 9.52. The number of carbonyl (C=O) groups is 1. The summed E-state index contributed by atoms with van der Waals surface area (Å²) < 4.78 is 7.96. The molecule has 8 heteroatoms. The lowest BCUT2D eigenvalue weighted by molar-refractivity contribution is 0.0939. The molecule has 0 aliphatic heterocycles. The molecular formula is C26H29N5O3. The van der Waals surface area contributed by atoms with Gasteiger partial charge in [-0.1, -0.05) is 32.9 Å². The van der Waals surface area contributed by atoms with E-state index in [9.17, 15) is 4.79 Å². The molecule has 0 radical (unpaired) electrons. The van der Waals surface area contributed by atoms with Crippen molar-refractivity contribution in [3.05, 3.63) is 72.1 Å². The molecule has 2 heterocycles. The number of carbonyl (C=O) groups excluding carboxylic acids is 1. The number of aryl methyl sites for hydroxylation is 1. The monoisotopic (exact) mass is 459 g/mol. The SMILES string of the molecule is Cn1c(Nc2cccc(C(C)(C)C)c2)nc2cc(Oc3ccnc(C(=O)NCCO)c3)ccc21. The van der Waals surface area contributed by atoms with E-state index in [1.807, 2.05) is 41.9 Å². The molecule has 0 bridgehead atoms. The maximum atomic E-state index is 12.1. The van der Waals surface area contributed by atoms with Crippen molar-refractivity contribution in [1.29, 1.82) is 0 Å². The van der Waals surface area contributed by atoms with Gasteiger partial charge in [0.05, 0.1) is 17.6 Å². The first-order valence-corrected chi connectivity index (χ1v) is 11.1. The fourth-order valence-electron chi connectivity index (χ4n) is 3.54. The Morgan fingerprint density at radius 3 is 2.65 bits per heavy atom. The fourth-order valence-corrected chi connectivity index (χ4v) is 3.54. The van der Waals surface area contributed by atoms with E-state index < -0.39 is 0 Å². The average Bonchev–Trinajstić information content (AvgIpc) is 3.11. The normalized spacial score (nSPS) is 11.4. The number of rotatable bonds is 7. The van der Waals surface area contributed by atoms with Crippen LogP contribution in [0.25, 0.3) is 11.0 Å². The third-order valence-electron chi connectivity index (χ3n) is 5.43. The van der Waals surface area contributed by atoms with E-state index in [1.165, 1.54) is 11.8 Å². The van der Waals surface area contributed by atoms with Crippen molar-refractivity contribution >= 4 is 28.6 Å². The summed E-state index contributed by atoms with van der Waals surface area (Å²) in [6.45, 7) is 6.60. The molecule has 2 aromatic carbocycles. The van der Waals surface area contributed by atoms with E-state index in [1.54, 1.807) is 12.1 Å². The van der Waals surface area contributed by atoms with Crippen LogP contribution in [0.5, 0.6) is 11.5 Å². The minimum Gasteiger partial charge on any atom is -0.457 e. The van der Waals surface area contributed by atoms with Crippen molar-refractivity contribution in [2.24, 2.45) is 7.05 Å². The molecule has 8 nitrogen and oxygen atoms in total. The number of anilines is 2. The van der Waals surface area contributed by atoms with Crippen molar-refractivity contribution in [2.45, 2.75) is 26.2 Å². The molecule has 0 atom stereocenters. The number of aliphatic hydroxyl groups is 1. The Labute approximate surface area is 198 Å². The molecule has 0 unspecified atom stereocenters. The lowest BCUT2D eigenvalue weighted by Gasteiger charge is -2.20. The third-order valence-corrected chi connectivity index (χ3v) is 5.43. The summed E-state index contributed by atoms with van der Waals surface area (Å²) in [7, 11) is 1.96. The van der Waals surface area contributed by atoms with E-state index in [2.05, 4.69) is 48.5 Å². The topological polar surface area (TPSA) is 101 Å². The predicted molar refractivity (Wildman–Crippen MR) is 133 cm³/mol. The van der Waals surface area contributed by atoms with Crippen LogP contribution in [0, 0.1) is 0 Å². The smallest absolute Gasteiger partial charge is 0.270 e. The van der Waals surface area contributed by atoms with Crippen LogP contribution in [0.4, 0.5) is 11.6 Å². The number of imidazole rings is 1. The molecule has 0 saturated carbocycles. The molecule has 0 aliphatic rings. The number of fused-ring (bicyclic) bond motifs is 1. The Bertz CT molecular complexity index is 1320. The van der Waals surface area contributed by atoms with Crippen LogP contribution in [0.3, 0.4) is 0 Å². The molecule has 3 N–H and O–H groups in total. The number of hydrogen-bond acceptors (Lipinski definition) is 6. The number of hydrogen-bond donors (Lipinski definition) is 3. The Balaban J connectivity index is 1.55. The van der Waals surface area contributed by atoms with Crippen molar-refractivity contribution < 1.29 is 14.6 Å². The maximum absolute atomic E-state index is 12.1. The molecule has 176 valence electrons. The van der Waals surface area contributed by atoms with Crippen LogP contribution in [-0.2, 0) is 12.5 Å². The van der Waals surface area contributed by atoms with Gasteiger partial charge in [-0.3, -0.25) is 9.78 Å². The molecule has 0 fully saturated rings. The minimum absolute atomic E-state index is 0.0581. The first kappa shape index (κ1) is 23.3. The van der Waals surface area contributed by atoms with Gasteiger partial charge < -0.3 is 25.0 Å². The van der Waals surface area contributed by atoms with Gasteiger partial charge in [0.15, 0.2) is 0 Å². The molecule has 4 aromatic rings. The summed E-state index contributed by atoms with van der Waals surface area (Å²) in [5.41, 5.74) is 4.24. The van der Waals surface area contributed by atoms with Gasteiger partial charge in [0.25, 0.3) is 5.91 Å². The van der Waals surface area contributed by atoms with Gasteiger partial charge in [0.2, 0.25) is 5.95 Å². The van der Waals surface area contributed by atoms with Gasteiger partial charge in [-0.25, -0.2) is 4.98 Å². The van der Waals surface area contributed by atoms with Gasteiger partial charge >= 0.3 is 0 Å². The molecule has 4 rings (SSSR count). The average molecular weight is 460 g/mol. The highest BCUT2D eigenvalue weighted by atomic mass is 16.5. The van der Waals surface area contributed by atoms with Gasteiger partial charge in [0, 0.05) is 37.6 Å². The van der Waals surface area contributed by atoms with Gasteiger partial charge in [-0.15, -0.1) is 0 Å². The lowest BCUT2D eigenvalue weighted by Crippen LogP contribution is -2.27. The van der Waals surface area contributed by atoms with Crippen molar-refractivity contribution in [2.75, 3.05) is 18.5 Å². The van der Waals surface area contributed by atoms with Crippen LogP contribution >= 0.6 is 0 Å². The molecule has 0 spiro atoms. The summed E-state index contributed by atoms with van der Waals surface area (Å²) in [5.74, 6) is 1.44. The minimum atomic E-state index is -0.370. The van der Waals surface area contributed by atoms with Crippen LogP contribution in [0.2, 0.25) is 0 Å². The number of nitrogens with zero attached hydrogens (tertiary/aromatic N) is 3. The summed E-state index contributed by atoms with van der Waals surface area (Å²) in [5, 5.41) is 14.9. The summed E-state index contributed by atoms with van der Waals surface area (Å²) >= 11 is 0. The third kappa shape index (κ3) is 5.18. The number of pyridine rings is 1. The maximum Gasteiger partial charge on any atom is 0.270 e. The number of aliphatic hydroxyl groups excluding tert-OH is 1. The Morgan fingerprint density at radius 2 is 1.88 bits per heavy atom. The zero-order valence-electron chi connectivity index (χ0n) is 19.8. The summed E-state index contributed by atoms with van der Waals surface area (Å²) in [6, 6.07) is 17.3. The second-order valence-corrected chi connectivity index (χ2v) is 9.06. The molecule has 0 saturated heterocycles. The van der Waals surface area contributed by atoms with Crippen molar-refractivity contribution in [1.82, 2.24) is 19.9 Å². The number of amides is 1. The first-order valence-electron chi connectivity index (χ1n) is 11.1. The zero-order chi connectivity index (χ0) is 24.3. The van der Waals surface area contributed by atoms with E-state index in [0.717, 1.165) is 22.7 Å². The standard InChI is InChI=1S/C26H29N5O3/c1-26(2,3)17-6-5-7-18(14-17)29-25-30-21-15-19(8-9-23(21)31(25)4)34-20-10-11-27-22(16-20)24(33)28-12-13-32/h5-11,14-16,32H,12-13H2,1-4H3,(H,28,33)(H,29,30). The molecular weight excluding hydrogens is 430 g/mol. The van der Waals surface area contributed by atoms with Crippen LogP contribution < -0.4 is 15.4 Å². The van der Waals surface area contributed by atoms with E-state index in [-0.39, 0.29) is 30.2 Å². The largest absolute Gasteiger partial charge is 0.457 e. The van der Waals surface area contributed by atoms with Crippen LogP contribution in [0.15, 0.2) is 60.8 Å². The first-order chi connectivity index (χ1) is 16.2. The Kier molecular flexibility index (Phi) is 6.51. The van der Waals surface area contributed by atoms with Crippen LogP contribution in [0.1, 0.15) is 36.8 Å². The number of nitrogens with one attached hydrogen (secondary N) is 2. The van der Waals surface area contributed by atoms with Gasteiger partial charge in [-0.2, -0.15) is 0 Å². The van der Waals surface area contributed by atoms with Crippen molar-refractivity contribution in [3.63, 3.8) is 0 Å². The molecule has 2 aromatic heterocycles. The highest BCUT2D eigenvalue weighted by molar-refractivity contribution is 5.92. The Morgan fingerprint density at radius 1 is 1.09 bits per heavy atom. The molecule has 34 heavy (non-hydrogen) atoms. The number of benzene rings is 2. The van der Waals surface area contributed by atoms with Gasteiger partial charge in [0.1, 0.15) is 17.2 Å². The zero-order valence-corrected chi connectivity index (χ0v) is 19.8. The fraction of sp³-hybridized carbons (Fsp3) is 0.269. The highest BCUT2D eigenvalue weighted by Crippen LogP contribution is 2.29. The van der Waals surface area contributed by atoms with E-state index >= 15 is 0 Å². The van der Waals surface area contributed by atoms with Crippen LogP contribution in [-0.4, -0.2) is 38.7 Å². The predicted octanol–water partition coefficient (Wildman–Crippen LogP) is 4.52. The van der Waals surface area contributed by atoms with E-state index in [0.29, 0.717) is 11.5 Å². The molecule has 1 amide bonds. The summed E-state index contributed by atoms with van der Waals surface area (Å²) in [6.07, 6.45) is 1.51. The summed E-state index contributed by atoms with van der Waals surface area (Å²) in [4.78, 5) is 20.9. The van der Waals surface area contributed by atoms with Gasteiger partial charge in [-0.05, 0) is 41.3 Å². The molecule has 0 aliphatic carbocycles. The lowest BCUT2D eigenvalue weighted by atomic mass is 9.87. The number of ether oxygens (including phenoxy) is 1. The highest BCUT2D eigenvalue weighted by Gasteiger charge is 2.15.